The van der Waals surface area contributed by atoms with Crippen molar-refractivity contribution in [2.75, 3.05) is 0 Å². The molecular weight excluding hydrogens is 331 g/mol. The Morgan fingerprint density at radius 2 is 2.12 bits per heavy atom. The molecule has 1 aromatic heterocycles. The Balaban J connectivity index is 2.21. The number of nitrogens with one attached hydrogen (secondary N) is 1. The maximum atomic E-state index is 14.5. The van der Waals surface area contributed by atoms with Crippen LogP contribution in [0, 0.1) is 12.7 Å². The maximum absolute atomic E-state index is 14.5. The normalized spacial score (nSPS) is 19.5. The van der Waals surface area contributed by atoms with E-state index in [1.54, 1.807) is 36.8 Å². The van der Waals surface area contributed by atoms with E-state index in [1.807, 2.05) is 6.08 Å². The van der Waals surface area contributed by atoms with Gasteiger partial charge in [0.1, 0.15) is 5.82 Å². The SMILES string of the molecule is Cc1c(F)cc(-c2cncc(Cl)c2)cc1C1(C(=O)NO)C=CCC1. The first kappa shape index (κ1) is 16.6. The first-order valence-corrected chi connectivity index (χ1v) is 7.89. The number of hydrogen-bond acceptors (Lipinski definition) is 3. The highest BCUT2D eigenvalue weighted by molar-refractivity contribution is 6.30. The number of rotatable bonds is 3. The van der Waals surface area contributed by atoms with Gasteiger partial charge in [0.25, 0.3) is 5.91 Å². The Hall–Kier alpha value is -2.24. The molecule has 4 nitrogen and oxygen atoms in total. The Bertz CT molecular complexity index is 838. The summed E-state index contributed by atoms with van der Waals surface area (Å²) < 4.78 is 14.5. The standard InChI is InChI=1S/C18H16ClFN2O2/c1-11-15(18(17(23)22-24)4-2-3-5-18)7-12(8-16(11)20)13-6-14(19)10-21-9-13/h2,4,6-10,24H,3,5H2,1H3,(H,22,23). The molecule has 1 aliphatic carbocycles. The molecule has 1 unspecified atom stereocenters. The van der Waals surface area contributed by atoms with Crippen molar-refractivity contribution in [3.05, 3.63) is 64.7 Å². The molecule has 1 amide bonds. The first-order valence-electron chi connectivity index (χ1n) is 7.52. The average Bonchev–Trinajstić information content (AvgIpc) is 3.07. The van der Waals surface area contributed by atoms with Crippen molar-refractivity contribution < 1.29 is 14.4 Å². The quantitative estimate of drug-likeness (QED) is 0.502. The fourth-order valence-electron chi connectivity index (χ4n) is 3.19. The molecule has 3 rings (SSSR count). The molecule has 0 bridgehead atoms. The third kappa shape index (κ3) is 2.70. The summed E-state index contributed by atoms with van der Waals surface area (Å²) >= 11 is 5.97. The van der Waals surface area contributed by atoms with Gasteiger partial charge in [-0.25, -0.2) is 9.87 Å². The lowest BCUT2D eigenvalue weighted by Gasteiger charge is -2.28. The van der Waals surface area contributed by atoms with Gasteiger partial charge in [0.15, 0.2) is 0 Å². The van der Waals surface area contributed by atoms with Crippen molar-refractivity contribution >= 4 is 17.5 Å². The molecule has 0 saturated heterocycles. The molecule has 1 heterocycles. The van der Waals surface area contributed by atoms with E-state index in [2.05, 4.69) is 4.98 Å². The fraction of sp³-hybridized carbons (Fsp3) is 0.222. The zero-order chi connectivity index (χ0) is 17.3. The number of nitrogens with zero attached hydrogens (tertiary/aromatic N) is 1. The molecule has 124 valence electrons. The van der Waals surface area contributed by atoms with Crippen LogP contribution in [0.5, 0.6) is 0 Å². The number of carbonyl (C=O) groups is 1. The van der Waals surface area contributed by atoms with Gasteiger partial charge >= 0.3 is 0 Å². The number of carbonyl (C=O) groups excluding carboxylic acids is 1. The Kier molecular flexibility index (Phi) is 4.39. The summed E-state index contributed by atoms with van der Waals surface area (Å²) in [6.45, 7) is 1.63. The van der Waals surface area contributed by atoms with Crippen molar-refractivity contribution in [1.29, 1.82) is 0 Å². The number of hydrogen-bond donors (Lipinski definition) is 2. The number of halogens is 2. The zero-order valence-corrected chi connectivity index (χ0v) is 13.8. The third-order valence-electron chi connectivity index (χ3n) is 4.48. The molecule has 1 atom stereocenters. The van der Waals surface area contributed by atoms with Crippen LogP contribution in [0.2, 0.25) is 5.02 Å². The van der Waals surface area contributed by atoms with Crippen LogP contribution >= 0.6 is 11.6 Å². The number of allylic oxidation sites excluding steroid dienone is 1. The Labute approximate surface area is 143 Å². The lowest BCUT2D eigenvalue weighted by molar-refractivity contribution is -0.133. The topological polar surface area (TPSA) is 62.2 Å². The minimum Gasteiger partial charge on any atom is -0.289 e. The van der Waals surface area contributed by atoms with Crippen LogP contribution in [0.4, 0.5) is 4.39 Å². The molecule has 0 aliphatic heterocycles. The number of benzene rings is 1. The van der Waals surface area contributed by atoms with Gasteiger partial charge in [-0.1, -0.05) is 23.8 Å². The average molecular weight is 347 g/mol. The zero-order valence-electron chi connectivity index (χ0n) is 13.0. The van der Waals surface area contributed by atoms with Gasteiger partial charge in [-0.2, -0.15) is 0 Å². The molecule has 0 fully saturated rings. The minimum atomic E-state index is -1.08. The molecule has 0 saturated carbocycles. The number of hydroxylamine groups is 1. The summed E-state index contributed by atoms with van der Waals surface area (Å²) in [6, 6.07) is 4.85. The van der Waals surface area contributed by atoms with E-state index in [0.717, 1.165) is 0 Å². The van der Waals surface area contributed by atoms with Crippen molar-refractivity contribution in [3.8, 4) is 11.1 Å². The van der Waals surface area contributed by atoms with E-state index in [0.29, 0.717) is 40.1 Å². The van der Waals surface area contributed by atoms with Crippen molar-refractivity contribution in [1.82, 2.24) is 10.5 Å². The van der Waals surface area contributed by atoms with E-state index in [4.69, 9.17) is 16.8 Å². The van der Waals surface area contributed by atoms with Crippen molar-refractivity contribution in [2.45, 2.75) is 25.2 Å². The van der Waals surface area contributed by atoms with E-state index >= 15 is 0 Å². The second-order valence-electron chi connectivity index (χ2n) is 5.88. The molecule has 1 aromatic carbocycles. The van der Waals surface area contributed by atoms with E-state index < -0.39 is 17.1 Å². The van der Waals surface area contributed by atoms with Crippen LogP contribution in [0.25, 0.3) is 11.1 Å². The van der Waals surface area contributed by atoms with Gasteiger partial charge in [-0.05, 0) is 54.7 Å². The molecule has 24 heavy (non-hydrogen) atoms. The highest BCUT2D eigenvalue weighted by Crippen LogP contribution is 2.40. The maximum Gasteiger partial charge on any atom is 0.257 e. The van der Waals surface area contributed by atoms with Crippen LogP contribution in [0.15, 0.2) is 42.7 Å². The second kappa shape index (κ2) is 6.34. The van der Waals surface area contributed by atoms with E-state index in [-0.39, 0.29) is 0 Å². The monoisotopic (exact) mass is 346 g/mol. The summed E-state index contributed by atoms with van der Waals surface area (Å²) in [4.78, 5) is 16.4. The van der Waals surface area contributed by atoms with Gasteiger partial charge in [0.2, 0.25) is 0 Å². The predicted molar refractivity (Wildman–Crippen MR) is 89.4 cm³/mol. The minimum absolute atomic E-state index is 0.379. The highest BCUT2D eigenvalue weighted by atomic mass is 35.5. The van der Waals surface area contributed by atoms with Crippen LogP contribution in [0.3, 0.4) is 0 Å². The molecule has 0 spiro atoms. The largest absolute Gasteiger partial charge is 0.289 e. The van der Waals surface area contributed by atoms with Crippen LogP contribution in [-0.2, 0) is 10.2 Å². The Morgan fingerprint density at radius 1 is 1.33 bits per heavy atom. The molecule has 0 radical (unpaired) electrons. The molecule has 1 aliphatic rings. The van der Waals surface area contributed by atoms with Crippen molar-refractivity contribution in [3.63, 3.8) is 0 Å². The van der Waals surface area contributed by atoms with Gasteiger partial charge in [-0.15, -0.1) is 0 Å². The van der Waals surface area contributed by atoms with Crippen LogP contribution in [0.1, 0.15) is 24.0 Å². The van der Waals surface area contributed by atoms with Crippen molar-refractivity contribution in [2.24, 2.45) is 0 Å². The number of pyridine rings is 1. The summed E-state index contributed by atoms with van der Waals surface area (Å²) in [5, 5.41) is 9.59. The van der Waals surface area contributed by atoms with Gasteiger partial charge < -0.3 is 0 Å². The lowest BCUT2D eigenvalue weighted by Crippen LogP contribution is -2.41. The van der Waals surface area contributed by atoms with Gasteiger partial charge in [0, 0.05) is 18.0 Å². The lowest BCUT2D eigenvalue weighted by atomic mass is 9.76. The smallest absolute Gasteiger partial charge is 0.257 e. The van der Waals surface area contributed by atoms with E-state index in [9.17, 15) is 9.18 Å². The van der Waals surface area contributed by atoms with Gasteiger partial charge in [-0.3, -0.25) is 15.0 Å². The first-order chi connectivity index (χ1) is 11.5. The predicted octanol–water partition coefficient (Wildman–Crippen LogP) is 3.94. The Morgan fingerprint density at radius 3 is 2.75 bits per heavy atom. The highest BCUT2D eigenvalue weighted by Gasteiger charge is 2.41. The van der Waals surface area contributed by atoms with Crippen LogP contribution < -0.4 is 5.48 Å². The molecular formula is C18H16ClFN2O2. The number of aromatic nitrogens is 1. The summed E-state index contributed by atoms with van der Waals surface area (Å²) in [6.07, 6.45) is 7.81. The second-order valence-corrected chi connectivity index (χ2v) is 6.31. The third-order valence-corrected chi connectivity index (χ3v) is 4.68. The summed E-state index contributed by atoms with van der Waals surface area (Å²) in [5.41, 5.74) is 2.77. The van der Waals surface area contributed by atoms with Crippen LogP contribution in [-0.4, -0.2) is 16.1 Å². The van der Waals surface area contributed by atoms with Gasteiger partial charge in [0.05, 0.1) is 10.4 Å². The summed E-state index contributed by atoms with van der Waals surface area (Å²) in [7, 11) is 0. The molecule has 2 aromatic rings. The molecule has 6 heteroatoms. The van der Waals surface area contributed by atoms with E-state index in [1.165, 1.54) is 12.3 Å². The summed E-state index contributed by atoms with van der Waals surface area (Å²) in [5.74, 6) is -0.993. The fourth-order valence-corrected chi connectivity index (χ4v) is 3.37. The molecule has 2 N–H and O–H groups in total. The number of amides is 1.